The van der Waals surface area contributed by atoms with Crippen molar-refractivity contribution in [2.24, 2.45) is 5.73 Å². The Morgan fingerprint density at radius 3 is 2.72 bits per heavy atom. The molecule has 1 rings (SSSR count). The Balaban J connectivity index is 2.65. The topological polar surface area (TPSA) is 116 Å². The molecule has 1 unspecified atom stereocenters. The zero-order valence-corrected chi connectivity index (χ0v) is 9.83. The second kappa shape index (κ2) is 5.46. The predicted molar refractivity (Wildman–Crippen MR) is 63.4 cm³/mol. The Morgan fingerprint density at radius 1 is 1.56 bits per heavy atom. The summed E-state index contributed by atoms with van der Waals surface area (Å²) in [7, 11) is 0. The number of benzene rings is 1. The molecule has 18 heavy (non-hydrogen) atoms. The van der Waals surface area contributed by atoms with Gasteiger partial charge in [-0.2, -0.15) is 0 Å². The van der Waals surface area contributed by atoms with Crippen LogP contribution in [-0.4, -0.2) is 28.1 Å². The van der Waals surface area contributed by atoms with Crippen LogP contribution in [0.3, 0.4) is 0 Å². The fourth-order valence-electron chi connectivity index (χ4n) is 1.21. The molecule has 1 aromatic carbocycles. The first kappa shape index (κ1) is 13.9. The molecule has 0 aromatic heterocycles. The zero-order valence-electron chi connectivity index (χ0n) is 9.83. The van der Waals surface area contributed by atoms with Gasteiger partial charge in [0.25, 0.3) is 0 Å². The molecule has 0 amide bonds. The Hall–Kier alpha value is -2.15. The molecule has 0 saturated heterocycles. The molecule has 0 fully saturated rings. The van der Waals surface area contributed by atoms with Gasteiger partial charge in [0.05, 0.1) is 11.5 Å². The highest BCUT2D eigenvalue weighted by molar-refractivity contribution is 5.77. The highest BCUT2D eigenvalue weighted by Crippen LogP contribution is 2.26. The van der Waals surface area contributed by atoms with Crippen LogP contribution in [0.4, 0.5) is 5.69 Å². The molecule has 7 heteroatoms. The van der Waals surface area contributed by atoms with Gasteiger partial charge < -0.3 is 15.6 Å². The molecular formula is C11H14N2O5. The maximum absolute atomic E-state index is 10.7. The fraction of sp³-hybridized carbons (Fsp3) is 0.364. The molecule has 0 aliphatic carbocycles. The van der Waals surface area contributed by atoms with E-state index >= 15 is 0 Å². The third-order valence-corrected chi connectivity index (χ3v) is 2.43. The lowest BCUT2D eigenvalue weighted by Crippen LogP contribution is -2.45. The van der Waals surface area contributed by atoms with Crippen LogP contribution in [0.2, 0.25) is 0 Å². The lowest BCUT2D eigenvalue weighted by Gasteiger charge is -2.18. The lowest BCUT2D eigenvalue weighted by molar-refractivity contribution is -0.385. The summed E-state index contributed by atoms with van der Waals surface area (Å²) < 4.78 is 5.20. The summed E-state index contributed by atoms with van der Waals surface area (Å²) in [5.74, 6) is -1.04. The largest absolute Gasteiger partial charge is 0.487 e. The average Bonchev–Trinajstić information content (AvgIpc) is 2.29. The summed E-state index contributed by atoms with van der Waals surface area (Å²) >= 11 is 0. The molecule has 0 saturated carbocycles. The molecular weight excluding hydrogens is 240 g/mol. The number of hydrogen-bond donors (Lipinski definition) is 2. The summed E-state index contributed by atoms with van der Waals surface area (Å²) in [5.41, 5.74) is 3.93. The van der Waals surface area contributed by atoms with Gasteiger partial charge in [0.1, 0.15) is 5.54 Å². The molecule has 0 spiro atoms. The van der Waals surface area contributed by atoms with E-state index in [1.54, 1.807) is 6.07 Å². The van der Waals surface area contributed by atoms with Gasteiger partial charge >= 0.3 is 11.7 Å². The Labute approximate surface area is 103 Å². The SMILES string of the molecule is CC(N)(CCOc1ccccc1[N+](=O)[O-])C(=O)O. The Morgan fingerprint density at radius 2 is 2.17 bits per heavy atom. The minimum absolute atomic E-state index is 0.00977. The van der Waals surface area contributed by atoms with Gasteiger partial charge in [0.15, 0.2) is 5.75 Å². The molecule has 0 aliphatic heterocycles. The van der Waals surface area contributed by atoms with Gasteiger partial charge in [-0.05, 0) is 13.0 Å². The third kappa shape index (κ3) is 3.42. The summed E-state index contributed by atoms with van der Waals surface area (Å²) in [5, 5.41) is 19.5. The van der Waals surface area contributed by atoms with Gasteiger partial charge in [-0.15, -0.1) is 0 Å². The van der Waals surface area contributed by atoms with Gasteiger partial charge in [0, 0.05) is 12.5 Å². The number of hydrogen-bond acceptors (Lipinski definition) is 5. The Bertz CT molecular complexity index is 459. The minimum Gasteiger partial charge on any atom is -0.487 e. The van der Waals surface area contributed by atoms with Crippen LogP contribution in [-0.2, 0) is 4.79 Å². The second-order valence-corrected chi connectivity index (χ2v) is 4.05. The van der Waals surface area contributed by atoms with Crippen LogP contribution in [0.25, 0.3) is 0 Å². The standard InChI is InChI=1S/C11H14N2O5/c1-11(12,10(14)15)6-7-18-9-5-3-2-4-8(9)13(16)17/h2-5H,6-7,12H2,1H3,(H,14,15). The van der Waals surface area contributed by atoms with Crippen LogP contribution >= 0.6 is 0 Å². The lowest BCUT2D eigenvalue weighted by atomic mass is 10.0. The van der Waals surface area contributed by atoms with Crippen molar-refractivity contribution in [3.8, 4) is 5.75 Å². The van der Waals surface area contributed by atoms with Crippen LogP contribution in [0.1, 0.15) is 13.3 Å². The number of ether oxygens (including phenoxy) is 1. The number of carboxylic acids is 1. The van der Waals surface area contributed by atoms with Gasteiger partial charge in [0.2, 0.25) is 0 Å². The number of carbonyl (C=O) groups is 1. The maximum Gasteiger partial charge on any atom is 0.323 e. The summed E-state index contributed by atoms with van der Waals surface area (Å²) in [6.07, 6.45) is 0.0500. The molecule has 0 radical (unpaired) electrons. The molecule has 98 valence electrons. The van der Waals surface area contributed by atoms with Crippen molar-refractivity contribution < 1.29 is 19.6 Å². The summed E-state index contributed by atoms with van der Waals surface area (Å²) in [6, 6.07) is 5.89. The monoisotopic (exact) mass is 254 g/mol. The smallest absolute Gasteiger partial charge is 0.323 e. The van der Waals surface area contributed by atoms with Crippen molar-refractivity contribution in [2.75, 3.05) is 6.61 Å². The molecule has 3 N–H and O–H groups in total. The zero-order chi connectivity index (χ0) is 13.8. The number of rotatable bonds is 6. The van der Waals surface area contributed by atoms with Crippen molar-refractivity contribution in [1.82, 2.24) is 0 Å². The number of nitrogens with two attached hydrogens (primary N) is 1. The van der Waals surface area contributed by atoms with E-state index in [9.17, 15) is 14.9 Å². The van der Waals surface area contributed by atoms with Crippen molar-refractivity contribution in [2.45, 2.75) is 18.9 Å². The first-order chi connectivity index (χ1) is 8.34. The third-order valence-electron chi connectivity index (χ3n) is 2.43. The second-order valence-electron chi connectivity index (χ2n) is 4.05. The molecule has 0 heterocycles. The van der Waals surface area contributed by atoms with E-state index < -0.39 is 16.4 Å². The van der Waals surface area contributed by atoms with Crippen LogP contribution in [0.15, 0.2) is 24.3 Å². The molecule has 0 aliphatic rings. The van der Waals surface area contributed by atoms with Crippen molar-refractivity contribution >= 4 is 11.7 Å². The predicted octanol–water partition coefficient (Wildman–Crippen LogP) is 1.17. The number of nitrogens with zero attached hydrogens (tertiary/aromatic N) is 1. The van der Waals surface area contributed by atoms with E-state index in [1.165, 1.54) is 25.1 Å². The van der Waals surface area contributed by atoms with Gasteiger partial charge in [-0.1, -0.05) is 12.1 Å². The number of nitro groups is 1. The Kier molecular flexibility index (Phi) is 4.22. The number of carboxylic acid groups (broad SMARTS) is 1. The first-order valence-corrected chi connectivity index (χ1v) is 5.23. The van der Waals surface area contributed by atoms with E-state index in [1.807, 2.05) is 0 Å². The van der Waals surface area contributed by atoms with Gasteiger partial charge in [-0.25, -0.2) is 0 Å². The number of nitro benzene ring substituents is 1. The van der Waals surface area contributed by atoms with Gasteiger partial charge in [-0.3, -0.25) is 14.9 Å². The molecule has 1 atom stereocenters. The van der Waals surface area contributed by atoms with Crippen molar-refractivity contribution in [1.29, 1.82) is 0 Å². The maximum atomic E-state index is 10.7. The van der Waals surface area contributed by atoms with E-state index in [2.05, 4.69) is 0 Å². The molecule has 1 aromatic rings. The van der Waals surface area contributed by atoms with E-state index in [4.69, 9.17) is 15.6 Å². The fourth-order valence-corrected chi connectivity index (χ4v) is 1.21. The highest BCUT2D eigenvalue weighted by Gasteiger charge is 2.28. The van der Waals surface area contributed by atoms with Crippen molar-refractivity contribution in [3.63, 3.8) is 0 Å². The van der Waals surface area contributed by atoms with Crippen LogP contribution in [0, 0.1) is 10.1 Å². The minimum atomic E-state index is -1.41. The van der Waals surface area contributed by atoms with Crippen LogP contribution < -0.4 is 10.5 Å². The normalized spacial score (nSPS) is 13.7. The van der Waals surface area contributed by atoms with Crippen molar-refractivity contribution in [3.05, 3.63) is 34.4 Å². The van der Waals surface area contributed by atoms with E-state index in [0.717, 1.165) is 0 Å². The summed E-state index contributed by atoms with van der Waals surface area (Å²) in [4.78, 5) is 20.9. The summed E-state index contributed by atoms with van der Waals surface area (Å²) in [6.45, 7) is 1.35. The first-order valence-electron chi connectivity index (χ1n) is 5.23. The number of aliphatic carboxylic acids is 1. The van der Waals surface area contributed by atoms with E-state index in [-0.39, 0.29) is 24.5 Å². The molecule has 7 nitrogen and oxygen atoms in total. The van der Waals surface area contributed by atoms with Crippen LogP contribution in [0.5, 0.6) is 5.75 Å². The quantitative estimate of drug-likeness (QED) is 0.581. The molecule has 0 bridgehead atoms. The highest BCUT2D eigenvalue weighted by atomic mass is 16.6. The average molecular weight is 254 g/mol. The van der Waals surface area contributed by atoms with E-state index in [0.29, 0.717) is 0 Å². The number of para-hydroxylation sites is 2.